The number of guanidine groups is 1. The molecule has 9 nitrogen and oxygen atoms in total. The summed E-state index contributed by atoms with van der Waals surface area (Å²) in [5, 5.41) is 9.42. The minimum atomic E-state index is -0.228. The number of carbonyl (C=O) groups is 1. The Morgan fingerprint density at radius 2 is 1.66 bits per heavy atom. The number of hydrogen-bond acceptors (Lipinski definition) is 6. The van der Waals surface area contributed by atoms with Crippen LogP contribution in [-0.2, 0) is 6.54 Å². The first kappa shape index (κ1) is 22.1. The second kappa shape index (κ2) is 8.70. The van der Waals surface area contributed by atoms with Crippen LogP contribution in [-0.4, -0.2) is 34.3 Å². The van der Waals surface area contributed by atoms with Gasteiger partial charge in [-0.2, -0.15) is 0 Å². The highest BCUT2D eigenvalue weighted by atomic mass is 16.7. The molecular weight excluding hydrogens is 444 g/mol. The molecule has 4 saturated carbocycles. The highest BCUT2D eigenvalue weighted by molar-refractivity contribution is 6.03. The molecule has 0 saturated heterocycles. The van der Waals surface area contributed by atoms with Crippen LogP contribution in [0.5, 0.6) is 11.5 Å². The Balaban J connectivity index is 1.19. The zero-order valence-corrected chi connectivity index (χ0v) is 20.3. The zero-order valence-electron chi connectivity index (χ0n) is 20.3. The number of nitrogens with zero attached hydrogens (tertiary/aromatic N) is 3. The average Bonchev–Trinajstić information content (AvgIpc) is 3.23. The van der Waals surface area contributed by atoms with Crippen LogP contribution in [0, 0.1) is 31.6 Å². The molecule has 1 aliphatic heterocycles. The molecule has 1 aromatic heterocycles. The van der Waals surface area contributed by atoms with Gasteiger partial charge in [0.25, 0.3) is 0 Å². The largest absolute Gasteiger partial charge is 0.454 e. The van der Waals surface area contributed by atoms with Gasteiger partial charge in [0, 0.05) is 16.9 Å². The number of nitrogens with one attached hydrogen (secondary N) is 3. The van der Waals surface area contributed by atoms with Crippen LogP contribution in [0.25, 0.3) is 0 Å². The van der Waals surface area contributed by atoms with Crippen LogP contribution in [0.3, 0.4) is 0 Å². The van der Waals surface area contributed by atoms with E-state index in [1.807, 2.05) is 38.1 Å². The fourth-order valence-electron chi connectivity index (χ4n) is 6.85. The number of carbonyl (C=O) groups excluding carboxylic acids is 1. The normalized spacial score (nSPS) is 28.2. The molecule has 2 aromatic rings. The molecule has 4 fully saturated rings. The maximum absolute atomic E-state index is 13.2. The van der Waals surface area contributed by atoms with Gasteiger partial charge in [-0.1, -0.05) is 6.07 Å². The molecule has 2 amide bonds. The number of amides is 2. The van der Waals surface area contributed by atoms with E-state index >= 15 is 0 Å². The van der Waals surface area contributed by atoms with Crippen molar-refractivity contribution in [2.75, 3.05) is 12.1 Å². The van der Waals surface area contributed by atoms with Crippen molar-refractivity contribution >= 4 is 17.9 Å². The summed E-state index contributed by atoms with van der Waals surface area (Å²) < 4.78 is 10.9. The van der Waals surface area contributed by atoms with Crippen molar-refractivity contribution in [1.29, 1.82) is 0 Å². The number of aromatic nitrogens is 2. The number of hydrogen-bond donors (Lipinski definition) is 3. The standard InChI is InChI=1S/C26H32N6O3/c1-15-5-16(2)29-24(28-15)30-23(27-13-17-3-4-21-22(9-17)35-14-34-21)31-25(33)32-26-10-18-6-19(11-26)8-20(7-18)12-26/h3-5,9,18-20H,6-8,10-14H2,1-2H3,(H3,27,28,29,30,31,32,33). The van der Waals surface area contributed by atoms with Crippen LogP contribution in [0.1, 0.15) is 55.5 Å². The average molecular weight is 477 g/mol. The predicted molar refractivity (Wildman–Crippen MR) is 131 cm³/mol. The fraction of sp³-hybridized carbons (Fsp3) is 0.538. The molecule has 5 aliphatic rings. The Bertz CT molecular complexity index is 1120. The van der Waals surface area contributed by atoms with E-state index in [0.717, 1.165) is 59.7 Å². The zero-order chi connectivity index (χ0) is 24.0. The lowest BCUT2D eigenvalue weighted by atomic mass is 9.53. The predicted octanol–water partition coefficient (Wildman–Crippen LogP) is 4.06. The van der Waals surface area contributed by atoms with E-state index in [0.29, 0.717) is 24.2 Å². The van der Waals surface area contributed by atoms with E-state index in [9.17, 15) is 4.79 Å². The monoisotopic (exact) mass is 476 g/mol. The molecule has 9 heteroatoms. The second-order valence-electron chi connectivity index (χ2n) is 10.7. The fourth-order valence-corrected chi connectivity index (χ4v) is 6.85. The van der Waals surface area contributed by atoms with Gasteiger partial charge >= 0.3 is 6.03 Å². The van der Waals surface area contributed by atoms with Gasteiger partial charge in [-0.3, -0.25) is 10.6 Å². The lowest BCUT2D eigenvalue weighted by Crippen LogP contribution is -2.62. The number of aryl methyl sites for hydroxylation is 2. The minimum absolute atomic E-state index is 0.0856. The second-order valence-corrected chi connectivity index (χ2v) is 10.7. The third-order valence-electron chi connectivity index (χ3n) is 7.72. The third-order valence-corrected chi connectivity index (χ3v) is 7.72. The summed E-state index contributed by atoms with van der Waals surface area (Å²) in [4.78, 5) is 26.8. The molecule has 0 atom stereocenters. The number of anilines is 1. The van der Waals surface area contributed by atoms with Crippen molar-refractivity contribution in [3.63, 3.8) is 0 Å². The SMILES string of the molecule is Cc1cc(C)nc(NC(=NCc2ccc3c(c2)OCO3)NC(=O)NC23CC4CC(CC(C4)C2)C3)n1. The molecule has 184 valence electrons. The van der Waals surface area contributed by atoms with Gasteiger partial charge < -0.3 is 14.8 Å². The van der Waals surface area contributed by atoms with Gasteiger partial charge in [-0.15, -0.1) is 0 Å². The first-order valence-corrected chi connectivity index (χ1v) is 12.5. The maximum Gasteiger partial charge on any atom is 0.321 e. The van der Waals surface area contributed by atoms with Crippen LogP contribution < -0.4 is 25.4 Å². The van der Waals surface area contributed by atoms with Crippen LogP contribution in [0.15, 0.2) is 29.3 Å². The first-order chi connectivity index (χ1) is 16.9. The first-order valence-electron chi connectivity index (χ1n) is 12.5. The quantitative estimate of drug-likeness (QED) is 0.454. The third kappa shape index (κ3) is 4.76. The topological polar surface area (TPSA) is 110 Å². The molecule has 0 spiro atoms. The smallest absolute Gasteiger partial charge is 0.321 e. The van der Waals surface area contributed by atoms with E-state index in [1.54, 1.807) is 0 Å². The van der Waals surface area contributed by atoms with Crippen molar-refractivity contribution in [1.82, 2.24) is 20.6 Å². The molecular formula is C26H32N6O3. The lowest BCUT2D eigenvalue weighted by Gasteiger charge is -2.56. The molecule has 0 radical (unpaired) electrons. The van der Waals surface area contributed by atoms with Crippen molar-refractivity contribution in [2.45, 2.75) is 64.5 Å². The Kier molecular flexibility index (Phi) is 5.50. The summed E-state index contributed by atoms with van der Waals surface area (Å²) in [7, 11) is 0. The highest BCUT2D eigenvalue weighted by Gasteiger charge is 2.51. The molecule has 3 N–H and O–H groups in total. The number of ether oxygens (including phenoxy) is 2. The van der Waals surface area contributed by atoms with Crippen LogP contribution in [0.2, 0.25) is 0 Å². The Morgan fingerprint density at radius 3 is 2.34 bits per heavy atom. The van der Waals surface area contributed by atoms with Crippen molar-refractivity contribution in [3.8, 4) is 11.5 Å². The summed E-state index contributed by atoms with van der Waals surface area (Å²) >= 11 is 0. The summed E-state index contributed by atoms with van der Waals surface area (Å²) in [5.41, 5.74) is 2.54. The van der Waals surface area contributed by atoms with Crippen LogP contribution in [0.4, 0.5) is 10.7 Å². The van der Waals surface area contributed by atoms with Crippen LogP contribution >= 0.6 is 0 Å². The number of fused-ring (bicyclic) bond motifs is 1. The molecule has 4 bridgehead atoms. The molecule has 7 rings (SSSR count). The summed E-state index contributed by atoms with van der Waals surface area (Å²) in [6.07, 6.45) is 7.25. The van der Waals surface area contributed by atoms with E-state index in [4.69, 9.17) is 9.47 Å². The van der Waals surface area contributed by atoms with Crippen molar-refractivity contribution in [3.05, 3.63) is 41.2 Å². The maximum atomic E-state index is 13.2. The van der Waals surface area contributed by atoms with Crippen molar-refractivity contribution in [2.24, 2.45) is 22.7 Å². The minimum Gasteiger partial charge on any atom is -0.454 e. The number of urea groups is 1. The Labute approximate surface area is 205 Å². The summed E-state index contributed by atoms with van der Waals surface area (Å²) in [5.74, 6) is 4.41. The number of aliphatic imine (C=N–C) groups is 1. The van der Waals surface area contributed by atoms with Gasteiger partial charge in [0.1, 0.15) is 0 Å². The summed E-state index contributed by atoms with van der Waals surface area (Å²) in [6, 6.07) is 7.40. The van der Waals surface area contributed by atoms with Crippen molar-refractivity contribution < 1.29 is 14.3 Å². The number of rotatable bonds is 4. The molecule has 4 aliphatic carbocycles. The van der Waals surface area contributed by atoms with Gasteiger partial charge in [0.2, 0.25) is 18.7 Å². The molecule has 35 heavy (non-hydrogen) atoms. The van der Waals surface area contributed by atoms with Gasteiger partial charge in [-0.05, 0) is 93.9 Å². The van der Waals surface area contributed by atoms with Gasteiger partial charge in [-0.25, -0.2) is 19.8 Å². The Hall–Kier alpha value is -3.36. The number of benzene rings is 1. The van der Waals surface area contributed by atoms with E-state index in [1.165, 1.54) is 19.3 Å². The van der Waals surface area contributed by atoms with Gasteiger partial charge in [0.05, 0.1) is 6.54 Å². The molecule has 0 unspecified atom stereocenters. The van der Waals surface area contributed by atoms with Gasteiger partial charge in [0.15, 0.2) is 11.5 Å². The van der Waals surface area contributed by atoms with E-state index in [2.05, 4.69) is 30.9 Å². The van der Waals surface area contributed by atoms with E-state index < -0.39 is 0 Å². The highest BCUT2D eigenvalue weighted by Crippen LogP contribution is 2.55. The lowest BCUT2D eigenvalue weighted by molar-refractivity contribution is -0.0132. The Morgan fingerprint density at radius 1 is 1.00 bits per heavy atom. The summed E-state index contributed by atoms with van der Waals surface area (Å²) in [6.45, 7) is 4.40. The molecule has 2 heterocycles. The van der Waals surface area contributed by atoms with E-state index in [-0.39, 0.29) is 18.4 Å². The molecule has 1 aromatic carbocycles.